The molecule has 100 valence electrons. The van der Waals surface area contributed by atoms with Gasteiger partial charge in [0.15, 0.2) is 11.5 Å². The second kappa shape index (κ2) is 5.49. The van der Waals surface area contributed by atoms with E-state index in [4.69, 9.17) is 10.4 Å². The average molecular weight is 252 g/mol. The Kier molecular flexibility index (Phi) is 3.98. The van der Waals surface area contributed by atoms with E-state index >= 15 is 0 Å². The van der Waals surface area contributed by atoms with Crippen molar-refractivity contribution in [2.75, 3.05) is 0 Å². The van der Waals surface area contributed by atoms with E-state index in [2.05, 4.69) is 23.9 Å². The van der Waals surface area contributed by atoms with Crippen LogP contribution in [0, 0.1) is 0 Å². The number of nitrogen functional groups attached to an aromatic ring is 1. The van der Waals surface area contributed by atoms with Crippen molar-refractivity contribution in [3.05, 3.63) is 17.5 Å². The molecule has 6 nitrogen and oxygen atoms in total. The molecule has 6 heteroatoms. The Morgan fingerprint density at radius 1 is 1.67 bits per heavy atom. The molecule has 2 heterocycles. The van der Waals surface area contributed by atoms with Crippen LogP contribution in [0.4, 0.5) is 0 Å². The van der Waals surface area contributed by atoms with Crippen LogP contribution in [0.1, 0.15) is 49.4 Å². The summed E-state index contributed by atoms with van der Waals surface area (Å²) in [5.41, 5.74) is 2.27. The van der Waals surface area contributed by atoms with Crippen LogP contribution in [-0.4, -0.2) is 28.0 Å². The van der Waals surface area contributed by atoms with Crippen LogP contribution < -0.4 is 11.3 Å². The summed E-state index contributed by atoms with van der Waals surface area (Å²) in [6.07, 6.45) is 3.57. The van der Waals surface area contributed by atoms with Gasteiger partial charge in [0, 0.05) is 18.2 Å². The molecule has 2 atom stereocenters. The lowest BCUT2D eigenvalue weighted by Crippen LogP contribution is -2.33. The Labute approximate surface area is 106 Å². The number of hydrazine groups is 1. The van der Waals surface area contributed by atoms with Crippen LogP contribution in [0.25, 0.3) is 0 Å². The second-order valence-corrected chi connectivity index (χ2v) is 4.81. The molecule has 0 spiro atoms. The number of nitrogens with one attached hydrogen (secondary N) is 1. The zero-order chi connectivity index (χ0) is 13.1. The zero-order valence-corrected chi connectivity index (χ0v) is 10.8. The average Bonchev–Trinajstić information content (AvgIpc) is 2.97. The number of carbonyl (C=O) groups is 1. The molecule has 1 aromatic rings. The van der Waals surface area contributed by atoms with Crippen LogP contribution in [0.15, 0.2) is 10.6 Å². The summed E-state index contributed by atoms with van der Waals surface area (Å²) in [5.74, 6) is 5.34. The van der Waals surface area contributed by atoms with E-state index in [0.717, 1.165) is 6.42 Å². The maximum Gasteiger partial charge on any atom is 0.287 e. The molecular weight excluding hydrogens is 232 g/mol. The maximum absolute atomic E-state index is 11.3. The van der Waals surface area contributed by atoms with E-state index in [1.807, 2.05) is 5.43 Å². The van der Waals surface area contributed by atoms with Gasteiger partial charge in [0.2, 0.25) is 0 Å². The number of rotatable bonds is 4. The molecular formula is C12H20N4O2. The molecule has 1 aliphatic heterocycles. The number of aromatic nitrogens is 1. The van der Waals surface area contributed by atoms with E-state index in [1.54, 1.807) is 6.07 Å². The molecule has 1 aliphatic rings. The van der Waals surface area contributed by atoms with Crippen molar-refractivity contribution in [2.45, 2.75) is 51.7 Å². The summed E-state index contributed by atoms with van der Waals surface area (Å²) in [7, 11) is 0. The number of nitrogens with two attached hydrogens (primary N) is 1. The molecule has 1 fully saturated rings. The quantitative estimate of drug-likeness (QED) is 0.475. The SMILES string of the molecule is CCC1CCC(C)N1Cc1cc(C(=O)NN)no1. The van der Waals surface area contributed by atoms with Crippen molar-refractivity contribution in [1.82, 2.24) is 15.5 Å². The van der Waals surface area contributed by atoms with Gasteiger partial charge in [0.25, 0.3) is 5.91 Å². The largest absolute Gasteiger partial charge is 0.359 e. The maximum atomic E-state index is 11.3. The highest BCUT2D eigenvalue weighted by Crippen LogP contribution is 2.27. The van der Waals surface area contributed by atoms with Gasteiger partial charge in [0.1, 0.15) is 0 Å². The minimum atomic E-state index is -0.425. The first-order valence-corrected chi connectivity index (χ1v) is 6.38. The van der Waals surface area contributed by atoms with Gasteiger partial charge in [0.05, 0.1) is 6.54 Å². The number of amides is 1. The molecule has 0 aliphatic carbocycles. The lowest BCUT2D eigenvalue weighted by atomic mass is 10.1. The molecule has 0 radical (unpaired) electrons. The molecule has 0 bridgehead atoms. The van der Waals surface area contributed by atoms with Gasteiger partial charge >= 0.3 is 0 Å². The van der Waals surface area contributed by atoms with Gasteiger partial charge in [-0.1, -0.05) is 12.1 Å². The highest BCUT2D eigenvalue weighted by Gasteiger charge is 2.30. The van der Waals surface area contributed by atoms with E-state index in [1.165, 1.54) is 12.8 Å². The summed E-state index contributed by atoms with van der Waals surface area (Å²) in [4.78, 5) is 13.7. The Bertz CT molecular complexity index is 418. The molecule has 2 rings (SSSR count). The monoisotopic (exact) mass is 252 g/mol. The van der Waals surface area contributed by atoms with Gasteiger partial charge in [-0.2, -0.15) is 0 Å². The zero-order valence-electron chi connectivity index (χ0n) is 10.8. The number of likely N-dealkylation sites (tertiary alicyclic amines) is 1. The lowest BCUT2D eigenvalue weighted by molar-refractivity contribution is 0.0944. The number of hydrogen-bond acceptors (Lipinski definition) is 5. The van der Waals surface area contributed by atoms with Crippen molar-refractivity contribution in [2.24, 2.45) is 5.84 Å². The Morgan fingerprint density at radius 3 is 3.11 bits per heavy atom. The van der Waals surface area contributed by atoms with Crippen molar-refractivity contribution in [1.29, 1.82) is 0 Å². The smallest absolute Gasteiger partial charge is 0.287 e. The Morgan fingerprint density at radius 2 is 2.44 bits per heavy atom. The minimum Gasteiger partial charge on any atom is -0.359 e. The minimum absolute atomic E-state index is 0.229. The standard InChI is InChI=1S/C12H20N4O2/c1-3-9-5-4-8(2)16(9)7-10-6-11(15-18-10)12(17)14-13/h6,8-9H,3-5,7,13H2,1-2H3,(H,14,17). The second-order valence-electron chi connectivity index (χ2n) is 4.81. The van der Waals surface area contributed by atoms with E-state index in [9.17, 15) is 4.79 Å². The van der Waals surface area contributed by atoms with Gasteiger partial charge in [-0.3, -0.25) is 15.1 Å². The Hall–Kier alpha value is -1.40. The van der Waals surface area contributed by atoms with Crippen molar-refractivity contribution in [3.63, 3.8) is 0 Å². The fraction of sp³-hybridized carbons (Fsp3) is 0.667. The van der Waals surface area contributed by atoms with E-state index in [0.29, 0.717) is 24.4 Å². The number of carbonyl (C=O) groups excluding carboxylic acids is 1. The predicted molar refractivity (Wildman–Crippen MR) is 66.5 cm³/mol. The van der Waals surface area contributed by atoms with E-state index in [-0.39, 0.29) is 5.69 Å². The third-order valence-electron chi connectivity index (χ3n) is 3.69. The normalized spacial score (nSPS) is 24.4. The summed E-state index contributed by atoms with van der Waals surface area (Å²) >= 11 is 0. The highest BCUT2D eigenvalue weighted by molar-refractivity contribution is 5.91. The van der Waals surface area contributed by atoms with Crippen LogP contribution in [-0.2, 0) is 6.54 Å². The van der Waals surface area contributed by atoms with Crippen molar-refractivity contribution >= 4 is 5.91 Å². The molecule has 3 N–H and O–H groups in total. The summed E-state index contributed by atoms with van der Waals surface area (Å²) in [6, 6.07) is 2.80. The third kappa shape index (κ3) is 2.54. The van der Waals surface area contributed by atoms with Crippen molar-refractivity contribution < 1.29 is 9.32 Å². The Balaban J connectivity index is 2.04. The topological polar surface area (TPSA) is 84.4 Å². The number of hydrogen-bond donors (Lipinski definition) is 2. The summed E-state index contributed by atoms with van der Waals surface area (Å²) < 4.78 is 5.18. The van der Waals surface area contributed by atoms with Gasteiger partial charge in [-0.15, -0.1) is 0 Å². The van der Waals surface area contributed by atoms with Gasteiger partial charge < -0.3 is 4.52 Å². The van der Waals surface area contributed by atoms with Gasteiger partial charge in [-0.05, 0) is 26.2 Å². The van der Waals surface area contributed by atoms with E-state index < -0.39 is 5.91 Å². The van der Waals surface area contributed by atoms with Crippen LogP contribution >= 0.6 is 0 Å². The highest BCUT2D eigenvalue weighted by atomic mass is 16.5. The summed E-state index contributed by atoms with van der Waals surface area (Å²) in [5, 5.41) is 3.71. The number of nitrogens with zero attached hydrogens (tertiary/aromatic N) is 2. The summed E-state index contributed by atoms with van der Waals surface area (Å²) in [6.45, 7) is 5.12. The molecule has 18 heavy (non-hydrogen) atoms. The first-order chi connectivity index (χ1) is 8.65. The fourth-order valence-electron chi connectivity index (χ4n) is 2.60. The predicted octanol–water partition coefficient (Wildman–Crippen LogP) is 1.04. The molecule has 1 aromatic heterocycles. The molecule has 2 unspecified atom stereocenters. The fourth-order valence-corrected chi connectivity index (χ4v) is 2.60. The van der Waals surface area contributed by atoms with Crippen LogP contribution in [0.2, 0.25) is 0 Å². The molecule has 0 aromatic carbocycles. The van der Waals surface area contributed by atoms with Gasteiger partial charge in [-0.25, -0.2) is 5.84 Å². The first kappa shape index (κ1) is 13.0. The molecule has 0 saturated carbocycles. The lowest BCUT2D eigenvalue weighted by Gasteiger charge is -2.26. The molecule has 1 amide bonds. The van der Waals surface area contributed by atoms with Crippen LogP contribution in [0.5, 0.6) is 0 Å². The first-order valence-electron chi connectivity index (χ1n) is 6.38. The third-order valence-corrected chi connectivity index (χ3v) is 3.69. The molecule has 1 saturated heterocycles. The van der Waals surface area contributed by atoms with Crippen molar-refractivity contribution in [3.8, 4) is 0 Å². The van der Waals surface area contributed by atoms with Crippen LogP contribution in [0.3, 0.4) is 0 Å².